The Balaban J connectivity index is 1.70. The van der Waals surface area contributed by atoms with E-state index in [0.29, 0.717) is 24.2 Å². The molecule has 4 nitrogen and oxygen atoms in total. The van der Waals surface area contributed by atoms with Crippen LogP contribution in [0, 0.1) is 6.92 Å². The average molecular weight is 462 g/mol. The molecule has 2 aromatic rings. The summed E-state index contributed by atoms with van der Waals surface area (Å²) in [6, 6.07) is 18.3. The van der Waals surface area contributed by atoms with Crippen molar-refractivity contribution in [3.63, 3.8) is 0 Å². The lowest BCUT2D eigenvalue weighted by molar-refractivity contribution is -0.138. The Morgan fingerprint density at radius 1 is 1.03 bits per heavy atom. The van der Waals surface area contributed by atoms with Crippen LogP contribution >= 0.6 is 11.8 Å². The van der Waals surface area contributed by atoms with Gasteiger partial charge in [0.25, 0.3) is 0 Å². The van der Waals surface area contributed by atoms with Crippen molar-refractivity contribution < 1.29 is 14.3 Å². The summed E-state index contributed by atoms with van der Waals surface area (Å²) in [6.07, 6.45) is 1.20. The number of benzene rings is 2. The Bertz CT molecular complexity index is 1090. The average Bonchev–Trinajstić information content (AvgIpc) is 2.82. The number of allylic oxidation sites excluding steroid dienone is 3. The monoisotopic (exact) mass is 461 g/mol. The van der Waals surface area contributed by atoms with Gasteiger partial charge in [0, 0.05) is 35.1 Å². The highest BCUT2D eigenvalue weighted by atomic mass is 32.2. The summed E-state index contributed by atoms with van der Waals surface area (Å²) in [7, 11) is 0. The molecule has 0 saturated carbocycles. The SMILES string of the molecule is CCSCCOC(=O)C1=C(C)NC2=C(C(=O)C[C@H](c3ccccc3)C2)[C@@H]1c1ccc(C)cc1. The maximum Gasteiger partial charge on any atom is 0.336 e. The number of esters is 1. The fourth-order valence-corrected chi connectivity index (χ4v) is 5.27. The Morgan fingerprint density at radius 2 is 1.76 bits per heavy atom. The normalized spacial score (nSPS) is 20.4. The van der Waals surface area contributed by atoms with Crippen LogP contribution in [-0.4, -0.2) is 29.9 Å². The molecule has 0 bridgehead atoms. The molecule has 1 heterocycles. The number of hydrogen-bond acceptors (Lipinski definition) is 5. The van der Waals surface area contributed by atoms with Crippen LogP contribution in [0.15, 0.2) is 77.1 Å². The van der Waals surface area contributed by atoms with E-state index in [1.165, 1.54) is 5.56 Å². The largest absolute Gasteiger partial charge is 0.461 e. The van der Waals surface area contributed by atoms with Gasteiger partial charge in [-0.1, -0.05) is 67.1 Å². The minimum absolute atomic E-state index is 0.0996. The third-order valence-electron chi connectivity index (χ3n) is 6.39. The van der Waals surface area contributed by atoms with E-state index in [2.05, 4.69) is 24.4 Å². The molecule has 5 heteroatoms. The molecular formula is C28H31NO3S. The summed E-state index contributed by atoms with van der Waals surface area (Å²) in [4.78, 5) is 26.8. The molecule has 2 aromatic carbocycles. The van der Waals surface area contributed by atoms with Crippen molar-refractivity contribution in [2.24, 2.45) is 0 Å². The van der Waals surface area contributed by atoms with E-state index in [4.69, 9.17) is 4.74 Å². The second-order valence-electron chi connectivity index (χ2n) is 8.67. The van der Waals surface area contributed by atoms with Crippen molar-refractivity contribution >= 4 is 23.5 Å². The number of ketones is 1. The van der Waals surface area contributed by atoms with Crippen LogP contribution in [0.25, 0.3) is 0 Å². The van der Waals surface area contributed by atoms with Crippen LogP contribution in [0.2, 0.25) is 0 Å². The third-order valence-corrected chi connectivity index (χ3v) is 7.26. The van der Waals surface area contributed by atoms with Crippen molar-refractivity contribution in [1.29, 1.82) is 0 Å². The molecular weight excluding hydrogens is 430 g/mol. The number of hydrogen-bond donors (Lipinski definition) is 1. The summed E-state index contributed by atoms with van der Waals surface area (Å²) in [6.45, 7) is 6.40. The van der Waals surface area contributed by atoms with E-state index < -0.39 is 5.92 Å². The number of aryl methyl sites for hydroxylation is 1. The molecule has 1 aliphatic carbocycles. The minimum Gasteiger partial charge on any atom is -0.461 e. The first-order chi connectivity index (χ1) is 16.0. The van der Waals surface area contributed by atoms with Gasteiger partial charge in [-0.25, -0.2) is 4.79 Å². The number of thioether (sulfide) groups is 1. The minimum atomic E-state index is -0.405. The van der Waals surface area contributed by atoms with Crippen molar-refractivity contribution in [3.8, 4) is 0 Å². The maximum absolute atomic E-state index is 13.6. The summed E-state index contributed by atoms with van der Waals surface area (Å²) in [5, 5.41) is 3.42. The Hall–Kier alpha value is -2.79. The van der Waals surface area contributed by atoms with Gasteiger partial charge in [-0.05, 0) is 43.1 Å². The number of carbonyl (C=O) groups excluding carboxylic acids is 2. The van der Waals surface area contributed by atoms with Crippen LogP contribution in [0.1, 0.15) is 55.2 Å². The number of Topliss-reactive ketones (excluding diaryl/α,β-unsaturated/α-hetero) is 1. The lowest BCUT2D eigenvalue weighted by Crippen LogP contribution is -2.36. The van der Waals surface area contributed by atoms with E-state index >= 15 is 0 Å². The van der Waals surface area contributed by atoms with E-state index in [0.717, 1.165) is 40.4 Å². The van der Waals surface area contributed by atoms with Crippen molar-refractivity contribution in [3.05, 3.63) is 93.8 Å². The molecule has 2 aliphatic rings. The fourth-order valence-electron chi connectivity index (χ4n) is 4.78. The number of ether oxygens (including phenoxy) is 1. The molecule has 0 saturated heterocycles. The molecule has 0 fully saturated rings. The van der Waals surface area contributed by atoms with Gasteiger partial charge in [0.15, 0.2) is 5.78 Å². The summed E-state index contributed by atoms with van der Waals surface area (Å²) in [5.74, 6) is 1.24. The molecule has 4 rings (SSSR count). The highest BCUT2D eigenvalue weighted by Crippen LogP contribution is 2.45. The highest BCUT2D eigenvalue weighted by Gasteiger charge is 2.41. The van der Waals surface area contributed by atoms with Gasteiger partial charge in [-0.15, -0.1) is 0 Å². The lowest BCUT2D eigenvalue weighted by Gasteiger charge is -2.36. The van der Waals surface area contributed by atoms with Crippen molar-refractivity contribution in [2.45, 2.75) is 45.4 Å². The first kappa shape index (κ1) is 23.4. The molecule has 0 spiro atoms. The number of rotatable bonds is 7. The number of carbonyl (C=O) groups is 2. The molecule has 1 N–H and O–H groups in total. The topological polar surface area (TPSA) is 55.4 Å². The molecule has 33 heavy (non-hydrogen) atoms. The first-order valence-corrected chi connectivity index (χ1v) is 12.8. The molecule has 2 atom stereocenters. The second kappa shape index (κ2) is 10.4. The highest BCUT2D eigenvalue weighted by molar-refractivity contribution is 7.99. The van der Waals surface area contributed by atoms with E-state index in [9.17, 15) is 9.59 Å². The van der Waals surface area contributed by atoms with Gasteiger partial charge in [-0.3, -0.25) is 4.79 Å². The predicted molar refractivity (Wildman–Crippen MR) is 134 cm³/mol. The quantitative estimate of drug-likeness (QED) is 0.426. The van der Waals surface area contributed by atoms with E-state index in [1.54, 1.807) is 11.8 Å². The van der Waals surface area contributed by atoms with Crippen LogP contribution in [-0.2, 0) is 14.3 Å². The fraction of sp³-hybridized carbons (Fsp3) is 0.357. The second-order valence-corrected chi connectivity index (χ2v) is 10.1. The van der Waals surface area contributed by atoms with Gasteiger partial charge < -0.3 is 10.1 Å². The zero-order chi connectivity index (χ0) is 23.4. The molecule has 0 unspecified atom stereocenters. The maximum atomic E-state index is 13.6. The smallest absolute Gasteiger partial charge is 0.336 e. The molecule has 172 valence electrons. The Morgan fingerprint density at radius 3 is 2.45 bits per heavy atom. The summed E-state index contributed by atoms with van der Waals surface area (Å²) >= 11 is 1.74. The zero-order valence-corrected chi connectivity index (χ0v) is 20.3. The zero-order valence-electron chi connectivity index (χ0n) is 19.5. The van der Waals surface area contributed by atoms with Crippen LogP contribution in [0.5, 0.6) is 0 Å². The van der Waals surface area contributed by atoms with Crippen LogP contribution in [0.4, 0.5) is 0 Å². The van der Waals surface area contributed by atoms with Crippen molar-refractivity contribution in [2.75, 3.05) is 18.1 Å². The summed E-state index contributed by atoms with van der Waals surface area (Å²) in [5.41, 5.74) is 6.23. The molecule has 0 amide bonds. The number of nitrogens with one attached hydrogen (secondary N) is 1. The van der Waals surface area contributed by atoms with Gasteiger partial charge in [0.05, 0.1) is 5.57 Å². The van der Waals surface area contributed by atoms with Crippen molar-refractivity contribution in [1.82, 2.24) is 5.32 Å². The predicted octanol–water partition coefficient (Wildman–Crippen LogP) is 5.65. The van der Waals surface area contributed by atoms with Crippen LogP contribution in [0.3, 0.4) is 0 Å². The van der Waals surface area contributed by atoms with Crippen LogP contribution < -0.4 is 5.32 Å². The molecule has 0 aromatic heterocycles. The van der Waals surface area contributed by atoms with E-state index in [1.807, 2.05) is 56.3 Å². The van der Waals surface area contributed by atoms with Gasteiger partial charge in [0.1, 0.15) is 6.61 Å². The Kier molecular flexibility index (Phi) is 7.39. The summed E-state index contributed by atoms with van der Waals surface area (Å²) < 4.78 is 5.64. The van der Waals surface area contributed by atoms with Gasteiger partial charge >= 0.3 is 5.97 Å². The lowest BCUT2D eigenvalue weighted by atomic mass is 9.71. The van der Waals surface area contributed by atoms with Gasteiger partial charge in [-0.2, -0.15) is 11.8 Å². The van der Waals surface area contributed by atoms with Gasteiger partial charge in [0.2, 0.25) is 0 Å². The Labute approximate surface area is 200 Å². The number of dihydropyridines is 1. The van der Waals surface area contributed by atoms with E-state index in [-0.39, 0.29) is 17.7 Å². The first-order valence-electron chi connectivity index (χ1n) is 11.6. The molecule has 0 radical (unpaired) electrons. The third kappa shape index (κ3) is 5.09. The molecule has 1 aliphatic heterocycles. The standard InChI is InChI=1S/C28H31NO3S/c1-4-33-15-14-32-28(31)25-19(3)29-23-16-22(20-8-6-5-7-9-20)17-24(30)27(23)26(25)21-12-10-18(2)11-13-21/h5-13,22,26,29H,4,14-17H2,1-3H3/t22-,26-/m1/s1.